The lowest BCUT2D eigenvalue weighted by molar-refractivity contribution is -0.274. The Morgan fingerprint density at radius 2 is 1.95 bits per heavy atom. The Bertz CT molecular complexity index is 469. The van der Waals surface area contributed by atoms with Gasteiger partial charge in [-0.15, -0.1) is 13.2 Å². The molecule has 1 aliphatic rings. The zero-order valence-electron chi connectivity index (χ0n) is 10.7. The standard InChI is InChI=1S/C13H15F3N2O2/c14-13(15,16)20-11-7-3-2-6-10(11)12(19)18-9-5-1-4-8-17-18/h2-3,6-7,17H,1,4-5,8-9H2. The summed E-state index contributed by atoms with van der Waals surface area (Å²) in [6.45, 7) is 1.10. The SMILES string of the molecule is O=C(c1ccccc1OC(F)(F)F)N1CCCCCN1. The number of carbonyl (C=O) groups is 1. The molecule has 1 aromatic carbocycles. The minimum Gasteiger partial charge on any atom is -0.405 e. The van der Waals surface area contributed by atoms with Crippen LogP contribution in [0.4, 0.5) is 13.2 Å². The number of benzene rings is 1. The van der Waals surface area contributed by atoms with Crippen molar-refractivity contribution in [3.63, 3.8) is 0 Å². The number of nitrogens with zero attached hydrogens (tertiary/aromatic N) is 1. The number of rotatable bonds is 2. The van der Waals surface area contributed by atoms with Crippen LogP contribution in [-0.2, 0) is 0 Å². The van der Waals surface area contributed by atoms with Crippen molar-refractivity contribution in [1.29, 1.82) is 0 Å². The van der Waals surface area contributed by atoms with Gasteiger partial charge in [0, 0.05) is 13.1 Å². The van der Waals surface area contributed by atoms with Crippen molar-refractivity contribution in [1.82, 2.24) is 10.4 Å². The number of ether oxygens (including phenoxy) is 1. The van der Waals surface area contributed by atoms with Gasteiger partial charge in [0.1, 0.15) is 5.75 Å². The second-order valence-electron chi connectivity index (χ2n) is 4.47. The molecule has 110 valence electrons. The van der Waals surface area contributed by atoms with Gasteiger partial charge in [-0.3, -0.25) is 9.80 Å². The number of alkyl halides is 3. The van der Waals surface area contributed by atoms with Crippen molar-refractivity contribution >= 4 is 5.91 Å². The molecule has 1 N–H and O–H groups in total. The van der Waals surface area contributed by atoms with E-state index >= 15 is 0 Å². The van der Waals surface area contributed by atoms with E-state index in [0.29, 0.717) is 13.1 Å². The van der Waals surface area contributed by atoms with Gasteiger partial charge >= 0.3 is 6.36 Å². The number of para-hydroxylation sites is 1. The highest BCUT2D eigenvalue weighted by Gasteiger charge is 2.33. The number of hydrazine groups is 1. The third kappa shape index (κ3) is 3.86. The average molecular weight is 288 g/mol. The molecule has 1 aromatic rings. The van der Waals surface area contributed by atoms with E-state index in [1.54, 1.807) is 0 Å². The average Bonchev–Trinajstić information content (AvgIpc) is 2.65. The Morgan fingerprint density at radius 3 is 2.70 bits per heavy atom. The van der Waals surface area contributed by atoms with Gasteiger partial charge in [0.05, 0.1) is 5.56 Å². The molecule has 0 spiro atoms. The molecule has 1 heterocycles. The molecule has 0 aliphatic carbocycles. The molecule has 0 bridgehead atoms. The minimum atomic E-state index is -4.82. The number of carbonyl (C=O) groups excluding carboxylic acids is 1. The molecule has 0 atom stereocenters. The molecule has 2 rings (SSSR count). The molecule has 0 unspecified atom stereocenters. The quantitative estimate of drug-likeness (QED) is 0.909. The van der Waals surface area contributed by atoms with E-state index in [1.807, 2.05) is 0 Å². The van der Waals surface area contributed by atoms with Crippen molar-refractivity contribution in [2.24, 2.45) is 0 Å². The first-order valence-electron chi connectivity index (χ1n) is 6.37. The third-order valence-electron chi connectivity index (χ3n) is 2.95. The summed E-state index contributed by atoms with van der Waals surface area (Å²) in [5.74, 6) is -0.984. The maximum absolute atomic E-state index is 12.3. The fourth-order valence-corrected chi connectivity index (χ4v) is 2.04. The van der Waals surface area contributed by atoms with Gasteiger partial charge in [0.15, 0.2) is 0 Å². The van der Waals surface area contributed by atoms with E-state index in [2.05, 4.69) is 10.2 Å². The molecule has 4 nitrogen and oxygen atoms in total. The van der Waals surface area contributed by atoms with Gasteiger partial charge < -0.3 is 4.74 Å². The van der Waals surface area contributed by atoms with Crippen LogP contribution < -0.4 is 10.2 Å². The van der Waals surface area contributed by atoms with Crippen LogP contribution in [0.3, 0.4) is 0 Å². The van der Waals surface area contributed by atoms with Crippen molar-refractivity contribution in [2.75, 3.05) is 13.1 Å². The van der Waals surface area contributed by atoms with Crippen LogP contribution in [0.2, 0.25) is 0 Å². The Kier molecular flexibility index (Phi) is 4.49. The van der Waals surface area contributed by atoms with Crippen LogP contribution in [0.15, 0.2) is 24.3 Å². The smallest absolute Gasteiger partial charge is 0.405 e. The summed E-state index contributed by atoms with van der Waals surface area (Å²) in [5.41, 5.74) is 2.82. The number of nitrogens with one attached hydrogen (secondary N) is 1. The van der Waals surface area contributed by atoms with Gasteiger partial charge in [0.25, 0.3) is 5.91 Å². The summed E-state index contributed by atoms with van der Waals surface area (Å²) in [6, 6.07) is 5.37. The summed E-state index contributed by atoms with van der Waals surface area (Å²) in [4.78, 5) is 12.3. The first kappa shape index (κ1) is 14.6. The lowest BCUT2D eigenvalue weighted by atomic mass is 10.2. The summed E-state index contributed by atoms with van der Waals surface area (Å²) in [5, 5.41) is 1.35. The maximum atomic E-state index is 12.3. The van der Waals surface area contributed by atoms with Crippen LogP contribution in [0.1, 0.15) is 29.6 Å². The monoisotopic (exact) mass is 288 g/mol. The number of hydrogen-bond acceptors (Lipinski definition) is 3. The van der Waals surface area contributed by atoms with Gasteiger partial charge in [-0.1, -0.05) is 18.6 Å². The third-order valence-corrected chi connectivity index (χ3v) is 2.95. The van der Waals surface area contributed by atoms with E-state index in [4.69, 9.17) is 0 Å². The Balaban J connectivity index is 2.20. The lowest BCUT2D eigenvalue weighted by Gasteiger charge is -2.22. The topological polar surface area (TPSA) is 41.6 Å². The predicted molar refractivity (Wildman–Crippen MR) is 66.0 cm³/mol. The van der Waals surface area contributed by atoms with E-state index < -0.39 is 18.0 Å². The van der Waals surface area contributed by atoms with E-state index in [9.17, 15) is 18.0 Å². The zero-order valence-corrected chi connectivity index (χ0v) is 10.7. The maximum Gasteiger partial charge on any atom is 0.573 e. The molecule has 1 fully saturated rings. The minimum absolute atomic E-state index is 0.0979. The highest BCUT2D eigenvalue weighted by atomic mass is 19.4. The fraction of sp³-hybridized carbons (Fsp3) is 0.462. The van der Waals surface area contributed by atoms with E-state index in [1.165, 1.54) is 23.2 Å². The summed E-state index contributed by atoms with van der Waals surface area (Å²) < 4.78 is 40.9. The first-order valence-corrected chi connectivity index (χ1v) is 6.37. The molecule has 0 saturated carbocycles. The molecule has 1 saturated heterocycles. The number of amides is 1. The first-order chi connectivity index (χ1) is 9.47. The van der Waals surface area contributed by atoms with Crippen LogP contribution in [-0.4, -0.2) is 30.4 Å². The van der Waals surface area contributed by atoms with Gasteiger partial charge in [-0.05, 0) is 25.0 Å². The lowest BCUT2D eigenvalue weighted by Crippen LogP contribution is -2.42. The highest BCUT2D eigenvalue weighted by Crippen LogP contribution is 2.27. The van der Waals surface area contributed by atoms with Gasteiger partial charge in [0.2, 0.25) is 0 Å². The van der Waals surface area contributed by atoms with Crippen LogP contribution in [0.25, 0.3) is 0 Å². The summed E-state index contributed by atoms with van der Waals surface area (Å²) in [6.07, 6.45) is -2.08. The normalized spacial score (nSPS) is 16.6. The molecule has 0 radical (unpaired) electrons. The Hall–Kier alpha value is -1.76. The molecule has 7 heteroatoms. The second kappa shape index (κ2) is 6.13. The van der Waals surface area contributed by atoms with Crippen LogP contribution >= 0.6 is 0 Å². The summed E-state index contributed by atoms with van der Waals surface area (Å²) >= 11 is 0. The van der Waals surface area contributed by atoms with Crippen molar-refractivity contribution in [3.05, 3.63) is 29.8 Å². The van der Waals surface area contributed by atoms with Crippen molar-refractivity contribution in [3.8, 4) is 5.75 Å². The molecular formula is C13H15F3N2O2. The van der Waals surface area contributed by atoms with Crippen LogP contribution in [0.5, 0.6) is 5.75 Å². The van der Waals surface area contributed by atoms with Crippen molar-refractivity contribution < 1.29 is 22.7 Å². The predicted octanol–water partition coefficient (Wildman–Crippen LogP) is 2.72. The molecular weight excluding hydrogens is 273 g/mol. The number of hydrogen-bond donors (Lipinski definition) is 1. The zero-order chi connectivity index (χ0) is 14.6. The molecule has 0 aromatic heterocycles. The fourth-order valence-electron chi connectivity index (χ4n) is 2.04. The second-order valence-corrected chi connectivity index (χ2v) is 4.47. The van der Waals surface area contributed by atoms with Gasteiger partial charge in [-0.2, -0.15) is 0 Å². The van der Waals surface area contributed by atoms with Crippen molar-refractivity contribution in [2.45, 2.75) is 25.6 Å². The molecule has 20 heavy (non-hydrogen) atoms. The van der Waals surface area contributed by atoms with E-state index in [0.717, 1.165) is 25.3 Å². The summed E-state index contributed by atoms with van der Waals surface area (Å²) in [7, 11) is 0. The molecule has 1 aliphatic heterocycles. The molecule has 1 amide bonds. The largest absolute Gasteiger partial charge is 0.573 e. The number of halogens is 3. The van der Waals surface area contributed by atoms with Crippen LogP contribution in [0, 0.1) is 0 Å². The Labute approximate surface area is 114 Å². The van der Waals surface area contributed by atoms with E-state index in [-0.39, 0.29) is 5.56 Å². The van der Waals surface area contributed by atoms with Gasteiger partial charge in [-0.25, -0.2) is 5.43 Å². The highest BCUT2D eigenvalue weighted by molar-refractivity contribution is 5.96. The Morgan fingerprint density at radius 1 is 1.20 bits per heavy atom.